The minimum atomic E-state index is -0.193. The van der Waals surface area contributed by atoms with Gasteiger partial charge in [0.05, 0.1) is 0 Å². The van der Waals surface area contributed by atoms with E-state index in [0.717, 1.165) is 5.56 Å². The van der Waals surface area contributed by atoms with E-state index in [9.17, 15) is 4.39 Å². The summed E-state index contributed by atoms with van der Waals surface area (Å²) in [6.45, 7) is 6.50. The molecule has 2 heteroatoms. The van der Waals surface area contributed by atoms with Crippen LogP contribution in [0.5, 0.6) is 0 Å². The largest absolute Gasteiger partial charge is 0.312 e. The van der Waals surface area contributed by atoms with Crippen molar-refractivity contribution in [3.8, 4) is 0 Å². The molecule has 0 saturated carbocycles. The molecule has 0 bridgehead atoms. The summed E-state index contributed by atoms with van der Waals surface area (Å²) in [4.78, 5) is 0. The van der Waals surface area contributed by atoms with Crippen LogP contribution in [0.15, 0.2) is 48.5 Å². The molecule has 1 unspecified atom stereocenters. The van der Waals surface area contributed by atoms with E-state index in [1.165, 1.54) is 23.3 Å². The molecule has 0 amide bonds. The van der Waals surface area contributed by atoms with Crippen molar-refractivity contribution in [1.82, 2.24) is 5.32 Å². The highest BCUT2D eigenvalue weighted by molar-refractivity contribution is 5.36. The Bertz CT molecular complexity index is 572. The Hall–Kier alpha value is -1.67. The van der Waals surface area contributed by atoms with Crippen LogP contribution in [-0.2, 0) is 5.41 Å². The normalized spacial score (nSPS) is 13.2. The molecule has 0 saturated heterocycles. The molecule has 2 aromatic rings. The Morgan fingerprint density at radius 2 is 1.60 bits per heavy atom. The fourth-order valence-corrected chi connectivity index (χ4v) is 2.86. The van der Waals surface area contributed by atoms with Gasteiger partial charge in [-0.05, 0) is 42.8 Å². The Morgan fingerprint density at radius 1 is 1.00 bits per heavy atom. The lowest BCUT2D eigenvalue weighted by molar-refractivity contribution is 0.367. The van der Waals surface area contributed by atoms with Gasteiger partial charge >= 0.3 is 0 Å². The number of hydrogen-bond acceptors (Lipinski definition) is 1. The summed E-state index contributed by atoms with van der Waals surface area (Å²) in [6.07, 6.45) is 0. The van der Waals surface area contributed by atoms with Crippen molar-refractivity contribution < 1.29 is 4.39 Å². The average Bonchev–Trinajstić information content (AvgIpc) is 2.42. The summed E-state index contributed by atoms with van der Waals surface area (Å²) < 4.78 is 13.1. The molecule has 0 aliphatic heterocycles. The van der Waals surface area contributed by atoms with Crippen LogP contribution in [0.1, 0.15) is 36.6 Å². The maximum atomic E-state index is 13.1. The predicted molar refractivity (Wildman–Crippen MR) is 82.4 cm³/mol. The molecule has 2 rings (SSSR count). The lowest BCUT2D eigenvalue weighted by Crippen LogP contribution is -2.36. The predicted octanol–water partition coefficient (Wildman–Crippen LogP) is 4.37. The van der Waals surface area contributed by atoms with E-state index in [0.29, 0.717) is 0 Å². The highest BCUT2D eigenvalue weighted by Gasteiger charge is 2.32. The first-order chi connectivity index (χ1) is 9.46. The topological polar surface area (TPSA) is 12.0 Å². The lowest BCUT2D eigenvalue weighted by atomic mass is 9.74. The van der Waals surface area contributed by atoms with E-state index in [1.807, 2.05) is 19.2 Å². The van der Waals surface area contributed by atoms with E-state index in [2.05, 4.69) is 50.4 Å². The summed E-state index contributed by atoms with van der Waals surface area (Å²) in [6, 6.07) is 15.4. The van der Waals surface area contributed by atoms with Crippen molar-refractivity contribution in [2.75, 3.05) is 7.05 Å². The molecular formula is C18H22FN. The van der Waals surface area contributed by atoms with Gasteiger partial charge in [-0.3, -0.25) is 0 Å². The van der Waals surface area contributed by atoms with Crippen molar-refractivity contribution in [3.05, 3.63) is 71.0 Å². The van der Waals surface area contributed by atoms with Crippen LogP contribution in [-0.4, -0.2) is 7.05 Å². The summed E-state index contributed by atoms with van der Waals surface area (Å²) in [5.41, 5.74) is 3.54. The quantitative estimate of drug-likeness (QED) is 0.870. The molecule has 20 heavy (non-hydrogen) atoms. The average molecular weight is 271 g/mol. The Kier molecular flexibility index (Phi) is 4.24. The SMILES string of the molecule is CNC(c1ccccc1C)C(C)(C)c1ccc(F)cc1. The Balaban J connectivity index is 2.44. The molecule has 0 aliphatic rings. The van der Waals surface area contributed by atoms with Gasteiger partial charge in [0.2, 0.25) is 0 Å². The fourth-order valence-electron chi connectivity index (χ4n) is 2.86. The van der Waals surface area contributed by atoms with Crippen molar-refractivity contribution in [1.29, 1.82) is 0 Å². The number of nitrogens with one attached hydrogen (secondary N) is 1. The first-order valence-corrected chi connectivity index (χ1v) is 6.95. The van der Waals surface area contributed by atoms with E-state index in [1.54, 1.807) is 0 Å². The molecule has 1 N–H and O–H groups in total. The molecule has 0 heterocycles. The van der Waals surface area contributed by atoms with E-state index in [-0.39, 0.29) is 17.3 Å². The molecule has 0 radical (unpaired) electrons. The zero-order valence-corrected chi connectivity index (χ0v) is 12.6. The Labute approximate surface area is 120 Å². The maximum Gasteiger partial charge on any atom is 0.123 e. The lowest BCUT2D eigenvalue weighted by Gasteiger charge is -2.36. The van der Waals surface area contributed by atoms with Gasteiger partial charge in [0.15, 0.2) is 0 Å². The zero-order valence-electron chi connectivity index (χ0n) is 12.6. The minimum Gasteiger partial charge on any atom is -0.312 e. The van der Waals surface area contributed by atoms with Crippen LogP contribution >= 0.6 is 0 Å². The van der Waals surface area contributed by atoms with Gasteiger partial charge in [-0.15, -0.1) is 0 Å². The van der Waals surface area contributed by atoms with E-state index in [4.69, 9.17) is 0 Å². The molecule has 0 aromatic heterocycles. The number of aryl methyl sites for hydroxylation is 1. The van der Waals surface area contributed by atoms with Crippen LogP contribution in [0.3, 0.4) is 0 Å². The van der Waals surface area contributed by atoms with Crippen LogP contribution in [0.2, 0.25) is 0 Å². The van der Waals surface area contributed by atoms with Crippen molar-refractivity contribution in [3.63, 3.8) is 0 Å². The zero-order chi connectivity index (χ0) is 14.8. The van der Waals surface area contributed by atoms with Gasteiger partial charge in [0.25, 0.3) is 0 Å². The summed E-state index contributed by atoms with van der Waals surface area (Å²) >= 11 is 0. The molecule has 1 atom stereocenters. The van der Waals surface area contributed by atoms with Gasteiger partial charge in [-0.2, -0.15) is 0 Å². The van der Waals surface area contributed by atoms with Crippen LogP contribution < -0.4 is 5.32 Å². The van der Waals surface area contributed by atoms with Gasteiger partial charge in [-0.25, -0.2) is 4.39 Å². The van der Waals surface area contributed by atoms with E-state index < -0.39 is 0 Å². The van der Waals surface area contributed by atoms with Gasteiger partial charge in [0.1, 0.15) is 5.82 Å². The fraction of sp³-hybridized carbons (Fsp3) is 0.333. The van der Waals surface area contributed by atoms with Gasteiger partial charge in [0, 0.05) is 11.5 Å². The standard InChI is InChI=1S/C18H22FN/c1-13-7-5-6-8-16(13)17(20-4)18(2,3)14-9-11-15(19)12-10-14/h5-12,17,20H,1-4H3. The molecule has 1 nitrogen and oxygen atoms in total. The third-order valence-electron chi connectivity index (χ3n) is 4.10. The second-order valence-electron chi connectivity index (χ2n) is 5.81. The Morgan fingerprint density at radius 3 is 2.15 bits per heavy atom. The van der Waals surface area contributed by atoms with Crippen LogP contribution in [0.25, 0.3) is 0 Å². The molecule has 0 fully saturated rings. The first kappa shape index (κ1) is 14.7. The number of hydrogen-bond donors (Lipinski definition) is 1. The second kappa shape index (κ2) is 5.76. The van der Waals surface area contributed by atoms with Gasteiger partial charge < -0.3 is 5.32 Å². The van der Waals surface area contributed by atoms with Crippen molar-refractivity contribution in [2.45, 2.75) is 32.2 Å². The third kappa shape index (κ3) is 2.75. The van der Waals surface area contributed by atoms with Crippen molar-refractivity contribution >= 4 is 0 Å². The monoisotopic (exact) mass is 271 g/mol. The highest BCUT2D eigenvalue weighted by atomic mass is 19.1. The first-order valence-electron chi connectivity index (χ1n) is 6.95. The maximum absolute atomic E-state index is 13.1. The third-order valence-corrected chi connectivity index (χ3v) is 4.10. The minimum absolute atomic E-state index is 0.130. The molecular weight excluding hydrogens is 249 g/mol. The number of rotatable bonds is 4. The summed E-state index contributed by atoms with van der Waals surface area (Å²) in [5.74, 6) is -0.193. The van der Waals surface area contributed by atoms with Gasteiger partial charge in [-0.1, -0.05) is 50.2 Å². The number of halogens is 1. The molecule has 0 spiro atoms. The van der Waals surface area contributed by atoms with Crippen LogP contribution in [0.4, 0.5) is 4.39 Å². The summed E-state index contributed by atoms with van der Waals surface area (Å²) in [5, 5.41) is 3.42. The second-order valence-corrected chi connectivity index (χ2v) is 5.81. The van der Waals surface area contributed by atoms with E-state index >= 15 is 0 Å². The number of likely N-dealkylation sites (N-methyl/N-ethyl adjacent to an activating group) is 1. The summed E-state index contributed by atoms with van der Waals surface area (Å²) in [7, 11) is 1.97. The van der Waals surface area contributed by atoms with Crippen molar-refractivity contribution in [2.24, 2.45) is 0 Å². The molecule has 2 aromatic carbocycles. The smallest absolute Gasteiger partial charge is 0.123 e. The highest BCUT2D eigenvalue weighted by Crippen LogP contribution is 2.37. The van der Waals surface area contributed by atoms with Crippen LogP contribution in [0, 0.1) is 12.7 Å². The molecule has 106 valence electrons. The number of benzene rings is 2. The molecule has 0 aliphatic carbocycles.